The predicted octanol–water partition coefficient (Wildman–Crippen LogP) is 3.84. The van der Waals surface area contributed by atoms with Crippen molar-refractivity contribution in [2.45, 2.75) is 32.0 Å². The molecule has 0 saturated carbocycles. The molecule has 0 fully saturated rings. The Morgan fingerprint density at radius 1 is 1.21 bits per heavy atom. The van der Waals surface area contributed by atoms with Crippen molar-refractivity contribution < 1.29 is 18.0 Å². The molecule has 1 amide bonds. The van der Waals surface area contributed by atoms with E-state index in [1.54, 1.807) is 13.8 Å². The lowest BCUT2D eigenvalue weighted by Crippen LogP contribution is -2.43. The van der Waals surface area contributed by atoms with Crippen LogP contribution in [0.25, 0.3) is 0 Å². The van der Waals surface area contributed by atoms with Gasteiger partial charge in [0.05, 0.1) is 5.56 Å². The zero-order valence-electron chi connectivity index (χ0n) is 10.6. The Bertz CT molecular complexity index is 440. The van der Waals surface area contributed by atoms with Crippen molar-refractivity contribution in [2.24, 2.45) is 0 Å². The van der Waals surface area contributed by atoms with Crippen LogP contribution >= 0.6 is 11.6 Å². The van der Waals surface area contributed by atoms with Gasteiger partial charge in [0.1, 0.15) is 0 Å². The maximum Gasteiger partial charge on any atom is 0.416 e. The van der Waals surface area contributed by atoms with Crippen LogP contribution in [0.1, 0.15) is 36.2 Å². The average molecular weight is 294 g/mol. The summed E-state index contributed by atoms with van der Waals surface area (Å²) in [6, 6.07) is 4.11. The van der Waals surface area contributed by atoms with Gasteiger partial charge in [-0.15, -0.1) is 11.6 Å². The fraction of sp³-hybridized carbons (Fsp3) is 0.462. The molecule has 1 aromatic carbocycles. The molecule has 2 nitrogen and oxygen atoms in total. The SMILES string of the molecule is CC(C)(CCCl)NC(=O)c1ccc(C(F)(F)F)cc1. The van der Waals surface area contributed by atoms with Crippen LogP contribution in [0.3, 0.4) is 0 Å². The molecule has 0 saturated heterocycles. The molecule has 106 valence electrons. The summed E-state index contributed by atoms with van der Waals surface area (Å²) in [4.78, 5) is 11.9. The number of benzene rings is 1. The smallest absolute Gasteiger partial charge is 0.347 e. The lowest BCUT2D eigenvalue weighted by molar-refractivity contribution is -0.137. The lowest BCUT2D eigenvalue weighted by Gasteiger charge is -2.25. The third-order valence-electron chi connectivity index (χ3n) is 2.65. The molecule has 1 N–H and O–H groups in total. The minimum Gasteiger partial charge on any atom is -0.347 e. The van der Waals surface area contributed by atoms with Crippen molar-refractivity contribution >= 4 is 17.5 Å². The van der Waals surface area contributed by atoms with Crippen molar-refractivity contribution in [3.05, 3.63) is 35.4 Å². The first-order valence-electron chi connectivity index (χ1n) is 5.71. The van der Waals surface area contributed by atoms with Crippen LogP contribution in [0.2, 0.25) is 0 Å². The van der Waals surface area contributed by atoms with Gasteiger partial charge in [-0.3, -0.25) is 4.79 Å². The average Bonchev–Trinajstić information content (AvgIpc) is 2.27. The van der Waals surface area contributed by atoms with E-state index in [9.17, 15) is 18.0 Å². The predicted molar refractivity (Wildman–Crippen MR) is 68.3 cm³/mol. The number of carbonyl (C=O) groups is 1. The van der Waals surface area contributed by atoms with Gasteiger partial charge in [-0.05, 0) is 44.5 Å². The topological polar surface area (TPSA) is 29.1 Å². The largest absolute Gasteiger partial charge is 0.416 e. The molecule has 0 radical (unpaired) electrons. The highest BCUT2D eigenvalue weighted by molar-refractivity contribution is 6.17. The summed E-state index contributed by atoms with van der Waals surface area (Å²) in [5.41, 5.74) is -1.08. The van der Waals surface area contributed by atoms with E-state index in [1.807, 2.05) is 0 Å². The first-order valence-corrected chi connectivity index (χ1v) is 6.25. The van der Waals surface area contributed by atoms with Gasteiger partial charge >= 0.3 is 6.18 Å². The zero-order valence-corrected chi connectivity index (χ0v) is 11.4. The Hall–Kier alpha value is -1.23. The van der Waals surface area contributed by atoms with Crippen LogP contribution in [-0.2, 0) is 6.18 Å². The van der Waals surface area contributed by atoms with E-state index in [2.05, 4.69) is 5.32 Å². The molecule has 0 atom stereocenters. The Balaban J connectivity index is 2.79. The van der Waals surface area contributed by atoms with E-state index in [0.717, 1.165) is 24.3 Å². The Kier molecular flexibility index (Phi) is 4.85. The monoisotopic (exact) mass is 293 g/mol. The number of hydrogen-bond acceptors (Lipinski definition) is 1. The van der Waals surface area contributed by atoms with Gasteiger partial charge in [-0.2, -0.15) is 13.2 Å². The number of carbonyl (C=O) groups excluding carboxylic acids is 1. The second-order valence-electron chi connectivity index (χ2n) is 4.85. The molecule has 0 aliphatic rings. The van der Waals surface area contributed by atoms with Crippen LogP contribution in [0.15, 0.2) is 24.3 Å². The Morgan fingerprint density at radius 2 is 1.74 bits per heavy atom. The first kappa shape index (κ1) is 15.8. The fourth-order valence-corrected chi connectivity index (χ4v) is 1.96. The van der Waals surface area contributed by atoms with Crippen molar-refractivity contribution in [1.82, 2.24) is 5.32 Å². The number of nitrogens with one attached hydrogen (secondary N) is 1. The van der Waals surface area contributed by atoms with Gasteiger partial charge in [0.15, 0.2) is 0 Å². The number of amides is 1. The van der Waals surface area contributed by atoms with E-state index in [4.69, 9.17) is 11.6 Å². The summed E-state index contributed by atoms with van der Waals surface area (Å²) >= 11 is 5.61. The van der Waals surface area contributed by atoms with Crippen molar-refractivity contribution in [1.29, 1.82) is 0 Å². The lowest BCUT2D eigenvalue weighted by atomic mass is 10.0. The maximum atomic E-state index is 12.4. The summed E-state index contributed by atoms with van der Waals surface area (Å²) in [6.45, 7) is 3.61. The summed E-state index contributed by atoms with van der Waals surface area (Å²) in [6.07, 6.45) is -3.83. The molecule has 0 unspecified atom stereocenters. The van der Waals surface area contributed by atoms with E-state index >= 15 is 0 Å². The van der Waals surface area contributed by atoms with E-state index < -0.39 is 23.2 Å². The van der Waals surface area contributed by atoms with Crippen molar-refractivity contribution in [3.8, 4) is 0 Å². The Morgan fingerprint density at radius 3 is 2.16 bits per heavy atom. The molecular formula is C13H15ClF3NO. The first-order chi connectivity index (χ1) is 8.65. The minimum atomic E-state index is -4.40. The summed E-state index contributed by atoms with van der Waals surface area (Å²) in [5, 5.41) is 2.73. The fourth-order valence-electron chi connectivity index (χ4n) is 1.49. The maximum absolute atomic E-state index is 12.4. The number of hydrogen-bond donors (Lipinski definition) is 1. The highest BCUT2D eigenvalue weighted by atomic mass is 35.5. The summed E-state index contributed by atoms with van der Waals surface area (Å²) in [5.74, 6) is -0.0239. The normalized spacial score (nSPS) is 12.3. The van der Waals surface area contributed by atoms with Crippen LogP contribution in [0.5, 0.6) is 0 Å². The minimum absolute atomic E-state index is 0.190. The van der Waals surface area contributed by atoms with Crippen LogP contribution in [0.4, 0.5) is 13.2 Å². The molecular weight excluding hydrogens is 279 g/mol. The molecule has 0 aliphatic carbocycles. The molecule has 0 spiro atoms. The molecule has 1 rings (SSSR count). The Labute approximate surface area is 114 Å². The van der Waals surface area contributed by atoms with Gasteiger partial charge < -0.3 is 5.32 Å². The highest BCUT2D eigenvalue weighted by Gasteiger charge is 2.30. The van der Waals surface area contributed by atoms with Gasteiger partial charge in [0.2, 0.25) is 0 Å². The van der Waals surface area contributed by atoms with E-state index in [0.29, 0.717) is 12.3 Å². The second-order valence-corrected chi connectivity index (χ2v) is 5.23. The van der Waals surface area contributed by atoms with Gasteiger partial charge in [-0.1, -0.05) is 0 Å². The van der Waals surface area contributed by atoms with Crippen LogP contribution < -0.4 is 5.32 Å². The molecule has 0 aliphatic heterocycles. The zero-order chi connectivity index (χ0) is 14.7. The second kappa shape index (κ2) is 5.82. The van der Waals surface area contributed by atoms with Gasteiger partial charge in [0.25, 0.3) is 5.91 Å². The molecule has 0 heterocycles. The van der Waals surface area contributed by atoms with Crippen molar-refractivity contribution in [2.75, 3.05) is 5.88 Å². The third-order valence-corrected chi connectivity index (χ3v) is 2.83. The van der Waals surface area contributed by atoms with E-state index in [1.165, 1.54) is 0 Å². The molecule has 1 aromatic rings. The standard InChI is InChI=1S/C13H15ClF3NO/c1-12(2,7-8-14)18-11(19)9-3-5-10(6-4-9)13(15,16)17/h3-6H,7-8H2,1-2H3,(H,18,19). The van der Waals surface area contributed by atoms with Crippen molar-refractivity contribution in [3.63, 3.8) is 0 Å². The summed E-state index contributed by atoms with van der Waals surface area (Å²) < 4.78 is 37.1. The third kappa shape index (κ3) is 4.74. The highest BCUT2D eigenvalue weighted by Crippen LogP contribution is 2.29. The number of rotatable bonds is 4. The molecule has 19 heavy (non-hydrogen) atoms. The van der Waals surface area contributed by atoms with Gasteiger partial charge in [-0.25, -0.2) is 0 Å². The number of halogens is 4. The van der Waals surface area contributed by atoms with Gasteiger partial charge in [0, 0.05) is 17.0 Å². The van der Waals surface area contributed by atoms with E-state index in [-0.39, 0.29) is 5.56 Å². The van der Waals surface area contributed by atoms with Crippen LogP contribution in [0, 0.1) is 0 Å². The molecule has 0 aromatic heterocycles. The molecule has 6 heteroatoms. The number of alkyl halides is 4. The summed E-state index contributed by atoms with van der Waals surface area (Å²) in [7, 11) is 0. The molecule has 0 bridgehead atoms. The quantitative estimate of drug-likeness (QED) is 0.840. The van der Waals surface area contributed by atoms with Crippen LogP contribution in [-0.4, -0.2) is 17.3 Å².